The second-order valence-corrected chi connectivity index (χ2v) is 7.24. The highest BCUT2D eigenvalue weighted by Gasteiger charge is 2.72. The highest BCUT2D eigenvalue weighted by Crippen LogP contribution is 2.60. The van der Waals surface area contributed by atoms with E-state index < -0.39 is 46.6 Å². The van der Waals surface area contributed by atoms with Crippen LogP contribution in [0.25, 0.3) is 0 Å². The quantitative estimate of drug-likeness (QED) is 0.739. The molecule has 0 N–H and O–H groups in total. The van der Waals surface area contributed by atoms with E-state index in [2.05, 4.69) is 0 Å². The van der Waals surface area contributed by atoms with E-state index in [1.165, 1.54) is 12.1 Å². The first-order valence-corrected chi connectivity index (χ1v) is 7.82. The lowest BCUT2D eigenvalue weighted by molar-refractivity contribution is -0.138. The number of hydrogen-bond acceptors (Lipinski definition) is 3. The molecule has 1 aromatic rings. The summed E-state index contributed by atoms with van der Waals surface area (Å²) < 4.78 is 44.8. The van der Waals surface area contributed by atoms with Gasteiger partial charge in [-0.25, -0.2) is 4.90 Å². The molecule has 4 nitrogen and oxygen atoms in total. The zero-order valence-corrected chi connectivity index (χ0v) is 13.2. The van der Waals surface area contributed by atoms with E-state index in [4.69, 9.17) is 4.74 Å². The number of halogens is 3. The van der Waals surface area contributed by atoms with Gasteiger partial charge in [0.2, 0.25) is 11.8 Å². The van der Waals surface area contributed by atoms with E-state index in [0.717, 1.165) is 17.0 Å². The molecule has 128 valence electrons. The molecule has 1 aromatic carbocycles. The predicted molar refractivity (Wildman–Crippen MR) is 78.0 cm³/mol. The minimum absolute atomic E-state index is 0.0270. The van der Waals surface area contributed by atoms with Gasteiger partial charge in [0.05, 0.1) is 34.3 Å². The van der Waals surface area contributed by atoms with Gasteiger partial charge in [0.25, 0.3) is 0 Å². The summed E-state index contributed by atoms with van der Waals surface area (Å²) in [6.07, 6.45) is -3.20. The second-order valence-electron chi connectivity index (χ2n) is 7.24. The van der Waals surface area contributed by atoms with Crippen LogP contribution in [0.4, 0.5) is 18.9 Å². The van der Waals surface area contributed by atoms with Gasteiger partial charge in [0.1, 0.15) is 0 Å². The first-order valence-electron chi connectivity index (χ1n) is 7.82. The summed E-state index contributed by atoms with van der Waals surface area (Å²) in [7, 11) is 0. The standard InChI is InChI=1S/C17H16F3NO3/c1-15-6-7-16(2,24-15)12-11(15)13(22)21(14(12)23)10-5-3-4-9(8-10)17(18,19)20/h3-5,8,11-12H,6-7H2,1-2H3/t11-,12+,15?,16?. The number of carbonyl (C=O) groups excluding carboxylic acids is 2. The third kappa shape index (κ3) is 1.84. The van der Waals surface area contributed by atoms with Crippen molar-refractivity contribution in [3.63, 3.8) is 0 Å². The Morgan fingerprint density at radius 1 is 1.08 bits per heavy atom. The van der Waals surface area contributed by atoms with E-state index in [9.17, 15) is 22.8 Å². The molecule has 3 fully saturated rings. The third-order valence-electron chi connectivity index (χ3n) is 5.64. The molecule has 2 unspecified atom stereocenters. The zero-order chi connectivity index (χ0) is 17.5. The van der Waals surface area contributed by atoms with Crippen LogP contribution >= 0.6 is 0 Å². The van der Waals surface area contributed by atoms with Gasteiger partial charge in [0, 0.05) is 0 Å². The summed E-state index contributed by atoms with van der Waals surface area (Å²) >= 11 is 0. The molecule has 0 radical (unpaired) electrons. The maximum atomic E-state index is 12.9. The van der Waals surface area contributed by atoms with Gasteiger partial charge in [-0.1, -0.05) is 6.07 Å². The topological polar surface area (TPSA) is 46.6 Å². The normalized spacial score (nSPS) is 38.1. The van der Waals surface area contributed by atoms with Crippen molar-refractivity contribution in [1.82, 2.24) is 0 Å². The fourth-order valence-corrected chi connectivity index (χ4v) is 4.54. The largest absolute Gasteiger partial charge is 0.416 e. The van der Waals surface area contributed by atoms with Crippen LogP contribution in [0.1, 0.15) is 32.3 Å². The maximum Gasteiger partial charge on any atom is 0.416 e. The van der Waals surface area contributed by atoms with Crippen molar-refractivity contribution in [2.45, 2.75) is 44.1 Å². The lowest BCUT2D eigenvalue weighted by atomic mass is 9.69. The molecular formula is C17H16F3NO3. The van der Waals surface area contributed by atoms with Gasteiger partial charge in [-0.15, -0.1) is 0 Å². The van der Waals surface area contributed by atoms with E-state index in [1.807, 2.05) is 13.8 Å². The van der Waals surface area contributed by atoms with Crippen molar-refractivity contribution in [1.29, 1.82) is 0 Å². The number of benzene rings is 1. The molecule has 3 aliphatic heterocycles. The predicted octanol–water partition coefficient (Wildman–Crippen LogP) is 3.15. The molecule has 2 amide bonds. The average Bonchev–Trinajstić information content (AvgIpc) is 3.03. The fraction of sp³-hybridized carbons (Fsp3) is 0.529. The maximum absolute atomic E-state index is 12.9. The lowest BCUT2D eigenvalue weighted by Crippen LogP contribution is -2.40. The van der Waals surface area contributed by atoms with Crippen LogP contribution in [-0.2, 0) is 20.5 Å². The minimum atomic E-state index is -4.53. The van der Waals surface area contributed by atoms with Crippen LogP contribution in [0.2, 0.25) is 0 Å². The smallest absolute Gasteiger partial charge is 0.367 e. The van der Waals surface area contributed by atoms with E-state index in [1.54, 1.807) is 0 Å². The van der Waals surface area contributed by atoms with Crippen LogP contribution in [0.15, 0.2) is 24.3 Å². The Bertz CT molecular complexity index is 728. The average molecular weight is 339 g/mol. The van der Waals surface area contributed by atoms with Gasteiger partial charge in [0.15, 0.2) is 0 Å². The summed E-state index contributed by atoms with van der Waals surface area (Å²) in [6.45, 7) is 3.62. The molecule has 4 rings (SSSR count). The number of hydrogen-bond donors (Lipinski definition) is 0. The molecule has 0 aromatic heterocycles. The van der Waals surface area contributed by atoms with Gasteiger partial charge >= 0.3 is 6.18 Å². The Kier molecular flexibility index (Phi) is 2.86. The number of fused-ring (bicyclic) bond motifs is 5. The van der Waals surface area contributed by atoms with Gasteiger partial charge in [-0.2, -0.15) is 13.2 Å². The highest BCUT2D eigenvalue weighted by molar-refractivity contribution is 6.23. The number of rotatable bonds is 1. The molecule has 0 aliphatic carbocycles. The van der Waals surface area contributed by atoms with Crippen molar-refractivity contribution in [3.05, 3.63) is 29.8 Å². The summed E-state index contributed by atoms with van der Waals surface area (Å²) in [4.78, 5) is 26.6. The van der Waals surface area contributed by atoms with Crippen LogP contribution < -0.4 is 4.90 Å². The number of carbonyl (C=O) groups is 2. The summed E-state index contributed by atoms with van der Waals surface area (Å²) in [5.41, 5.74) is -2.35. The van der Waals surface area contributed by atoms with Gasteiger partial charge < -0.3 is 4.74 Å². The van der Waals surface area contributed by atoms with Crippen LogP contribution in [0, 0.1) is 11.8 Å². The van der Waals surface area contributed by atoms with Crippen LogP contribution in [0.3, 0.4) is 0 Å². The fourth-order valence-electron chi connectivity index (χ4n) is 4.54. The number of imide groups is 1. The highest BCUT2D eigenvalue weighted by atomic mass is 19.4. The third-order valence-corrected chi connectivity index (χ3v) is 5.64. The number of alkyl halides is 3. The monoisotopic (exact) mass is 339 g/mol. The molecular weight excluding hydrogens is 323 g/mol. The molecule has 3 saturated heterocycles. The Morgan fingerprint density at radius 3 is 2.12 bits per heavy atom. The van der Waals surface area contributed by atoms with Crippen molar-refractivity contribution in [2.75, 3.05) is 4.90 Å². The Balaban J connectivity index is 1.77. The Morgan fingerprint density at radius 2 is 1.62 bits per heavy atom. The van der Waals surface area contributed by atoms with Gasteiger partial charge in [-0.3, -0.25) is 9.59 Å². The van der Waals surface area contributed by atoms with Crippen molar-refractivity contribution < 1.29 is 27.5 Å². The molecule has 24 heavy (non-hydrogen) atoms. The van der Waals surface area contributed by atoms with Crippen molar-refractivity contribution in [3.8, 4) is 0 Å². The van der Waals surface area contributed by atoms with Gasteiger partial charge in [-0.05, 0) is 44.9 Å². The molecule has 3 aliphatic rings. The lowest BCUT2D eigenvalue weighted by Gasteiger charge is -2.27. The first kappa shape index (κ1) is 15.6. The first-order chi connectivity index (χ1) is 11.1. The number of ether oxygens (including phenoxy) is 1. The van der Waals surface area contributed by atoms with Crippen LogP contribution in [-0.4, -0.2) is 23.0 Å². The molecule has 7 heteroatoms. The van der Waals surface area contributed by atoms with E-state index in [-0.39, 0.29) is 5.69 Å². The SMILES string of the molecule is CC12CCC(C)(O1)[C@H]1C(=O)N(c3cccc(C(F)(F)F)c3)C(=O)[C@H]12. The Labute approximate surface area is 136 Å². The molecule has 2 bridgehead atoms. The van der Waals surface area contributed by atoms with E-state index >= 15 is 0 Å². The Hall–Kier alpha value is -1.89. The molecule has 3 heterocycles. The summed E-state index contributed by atoms with van der Waals surface area (Å²) in [5, 5.41) is 0. The minimum Gasteiger partial charge on any atom is -0.367 e. The van der Waals surface area contributed by atoms with Crippen molar-refractivity contribution >= 4 is 17.5 Å². The number of nitrogens with zero attached hydrogens (tertiary/aromatic N) is 1. The zero-order valence-electron chi connectivity index (χ0n) is 13.2. The van der Waals surface area contributed by atoms with Crippen LogP contribution in [0.5, 0.6) is 0 Å². The second kappa shape index (κ2) is 4.39. The number of anilines is 1. The summed E-state index contributed by atoms with van der Waals surface area (Å²) in [6, 6.07) is 4.34. The van der Waals surface area contributed by atoms with E-state index in [0.29, 0.717) is 12.8 Å². The summed E-state index contributed by atoms with van der Waals surface area (Å²) in [5.74, 6) is -2.18. The molecule has 4 atom stereocenters. The van der Waals surface area contributed by atoms with Crippen molar-refractivity contribution in [2.24, 2.45) is 11.8 Å². The molecule has 0 saturated carbocycles. The molecule has 0 spiro atoms. The number of amides is 2.